The van der Waals surface area contributed by atoms with Gasteiger partial charge in [-0.1, -0.05) is 12.1 Å². The summed E-state index contributed by atoms with van der Waals surface area (Å²) in [5.74, 6) is -0.641. The molecule has 2 rings (SSSR count). The Kier molecular flexibility index (Phi) is 5.52. The molecular weight excluding hydrogens is 307 g/mol. The fraction of sp³-hybridized carbons (Fsp3) is 0.533. The van der Waals surface area contributed by atoms with E-state index in [0.717, 1.165) is 0 Å². The lowest BCUT2D eigenvalue weighted by molar-refractivity contribution is -0.126. The lowest BCUT2D eigenvalue weighted by Crippen LogP contribution is -2.43. The molecule has 0 saturated carbocycles. The van der Waals surface area contributed by atoms with Crippen LogP contribution < -0.4 is 5.32 Å². The molecule has 1 aliphatic heterocycles. The molecule has 0 atom stereocenters. The van der Waals surface area contributed by atoms with Gasteiger partial charge in [-0.05, 0) is 37.5 Å². The van der Waals surface area contributed by atoms with Crippen molar-refractivity contribution in [2.75, 3.05) is 19.6 Å². The molecule has 1 aliphatic rings. The fourth-order valence-electron chi connectivity index (χ4n) is 2.60. The Morgan fingerprint density at radius 3 is 2.41 bits per heavy atom. The van der Waals surface area contributed by atoms with Gasteiger partial charge in [0, 0.05) is 25.6 Å². The molecule has 1 fully saturated rings. The third-order valence-electron chi connectivity index (χ3n) is 3.83. The van der Waals surface area contributed by atoms with Gasteiger partial charge < -0.3 is 5.32 Å². The molecule has 0 bridgehead atoms. The molecule has 1 aromatic carbocycles. The van der Waals surface area contributed by atoms with Crippen LogP contribution in [0.25, 0.3) is 0 Å². The van der Waals surface area contributed by atoms with E-state index >= 15 is 0 Å². The number of rotatable bonds is 5. The van der Waals surface area contributed by atoms with Crippen molar-refractivity contribution in [3.8, 4) is 0 Å². The number of hydrogen-bond donors (Lipinski definition) is 1. The van der Waals surface area contributed by atoms with Crippen molar-refractivity contribution in [3.63, 3.8) is 0 Å². The first-order valence-electron chi connectivity index (χ1n) is 7.42. The average Bonchev–Trinajstić information content (AvgIpc) is 2.50. The molecule has 0 aliphatic carbocycles. The largest absolute Gasteiger partial charge is 0.356 e. The van der Waals surface area contributed by atoms with Gasteiger partial charge in [-0.3, -0.25) is 4.79 Å². The molecule has 122 valence electrons. The van der Waals surface area contributed by atoms with E-state index in [1.54, 1.807) is 0 Å². The maximum absolute atomic E-state index is 12.9. The number of sulfonamides is 1. The highest BCUT2D eigenvalue weighted by molar-refractivity contribution is 7.88. The van der Waals surface area contributed by atoms with Gasteiger partial charge in [0.1, 0.15) is 5.82 Å². The van der Waals surface area contributed by atoms with Crippen LogP contribution in [0.4, 0.5) is 4.39 Å². The average molecular weight is 328 g/mol. The second-order valence-corrected chi connectivity index (χ2v) is 7.42. The van der Waals surface area contributed by atoms with Crippen LogP contribution >= 0.6 is 0 Å². The van der Waals surface area contributed by atoms with Crippen LogP contribution in [-0.4, -0.2) is 38.3 Å². The van der Waals surface area contributed by atoms with Gasteiger partial charge in [0.05, 0.1) is 5.75 Å². The molecule has 1 saturated heterocycles. The smallest absolute Gasteiger partial charge is 0.223 e. The molecule has 0 radical (unpaired) electrons. The highest BCUT2D eigenvalue weighted by Gasteiger charge is 2.30. The number of carbonyl (C=O) groups excluding carboxylic acids is 1. The van der Waals surface area contributed by atoms with Crippen molar-refractivity contribution in [1.29, 1.82) is 0 Å². The zero-order valence-corrected chi connectivity index (χ0v) is 13.4. The minimum absolute atomic E-state index is 0.00178. The molecule has 22 heavy (non-hydrogen) atoms. The van der Waals surface area contributed by atoms with Crippen molar-refractivity contribution >= 4 is 15.9 Å². The quantitative estimate of drug-likeness (QED) is 0.891. The summed E-state index contributed by atoms with van der Waals surface area (Å²) < 4.78 is 39.0. The van der Waals surface area contributed by atoms with E-state index in [1.165, 1.54) is 28.6 Å². The van der Waals surface area contributed by atoms with Crippen LogP contribution in [-0.2, 0) is 20.6 Å². The first-order chi connectivity index (χ1) is 10.4. The van der Waals surface area contributed by atoms with Gasteiger partial charge >= 0.3 is 0 Å². The van der Waals surface area contributed by atoms with Gasteiger partial charge in [-0.2, -0.15) is 0 Å². The van der Waals surface area contributed by atoms with E-state index in [1.807, 2.05) is 6.92 Å². The topological polar surface area (TPSA) is 66.5 Å². The Balaban J connectivity index is 1.94. The van der Waals surface area contributed by atoms with E-state index in [2.05, 4.69) is 5.32 Å². The molecule has 1 amide bonds. The van der Waals surface area contributed by atoms with E-state index in [9.17, 15) is 17.6 Å². The van der Waals surface area contributed by atoms with E-state index in [0.29, 0.717) is 38.0 Å². The lowest BCUT2D eigenvalue weighted by Gasteiger charge is -2.30. The molecule has 1 N–H and O–H groups in total. The number of carbonyl (C=O) groups is 1. The molecule has 7 heteroatoms. The monoisotopic (exact) mass is 328 g/mol. The van der Waals surface area contributed by atoms with Gasteiger partial charge in [0.15, 0.2) is 0 Å². The number of piperidine rings is 1. The summed E-state index contributed by atoms with van der Waals surface area (Å²) in [6.45, 7) is 3.15. The summed E-state index contributed by atoms with van der Waals surface area (Å²) in [7, 11) is -3.43. The third-order valence-corrected chi connectivity index (χ3v) is 5.68. The third kappa shape index (κ3) is 4.27. The maximum atomic E-state index is 12.9. The van der Waals surface area contributed by atoms with Crippen LogP contribution in [0.1, 0.15) is 25.3 Å². The van der Waals surface area contributed by atoms with E-state index < -0.39 is 10.0 Å². The van der Waals surface area contributed by atoms with Crippen molar-refractivity contribution in [2.24, 2.45) is 5.92 Å². The predicted octanol–water partition coefficient (Wildman–Crippen LogP) is 1.50. The second kappa shape index (κ2) is 7.19. The normalized spacial score (nSPS) is 17.4. The number of nitrogens with zero attached hydrogens (tertiary/aromatic N) is 1. The summed E-state index contributed by atoms with van der Waals surface area (Å²) in [5, 5.41) is 2.77. The molecule has 1 heterocycles. The number of nitrogens with one attached hydrogen (secondary N) is 1. The van der Waals surface area contributed by atoms with Crippen molar-refractivity contribution in [3.05, 3.63) is 35.6 Å². The van der Waals surface area contributed by atoms with Gasteiger partial charge in [0.2, 0.25) is 15.9 Å². The molecule has 0 unspecified atom stereocenters. The molecule has 5 nitrogen and oxygen atoms in total. The Bertz CT molecular complexity index is 608. The fourth-order valence-corrected chi connectivity index (χ4v) is 4.16. The maximum Gasteiger partial charge on any atom is 0.223 e. The van der Waals surface area contributed by atoms with Gasteiger partial charge in [0.25, 0.3) is 0 Å². The van der Waals surface area contributed by atoms with Crippen LogP contribution in [0.2, 0.25) is 0 Å². The number of halogens is 1. The molecule has 0 aromatic heterocycles. The van der Waals surface area contributed by atoms with E-state index in [4.69, 9.17) is 0 Å². The molecular formula is C15H21FN2O3S. The van der Waals surface area contributed by atoms with Crippen LogP contribution in [0.3, 0.4) is 0 Å². The van der Waals surface area contributed by atoms with Crippen molar-refractivity contribution < 1.29 is 17.6 Å². The first-order valence-corrected chi connectivity index (χ1v) is 9.03. The lowest BCUT2D eigenvalue weighted by atomic mass is 9.97. The zero-order valence-electron chi connectivity index (χ0n) is 12.6. The zero-order chi connectivity index (χ0) is 16.2. The predicted molar refractivity (Wildman–Crippen MR) is 82.0 cm³/mol. The highest BCUT2D eigenvalue weighted by atomic mass is 32.2. The van der Waals surface area contributed by atoms with Crippen LogP contribution in [0, 0.1) is 11.7 Å². The van der Waals surface area contributed by atoms with Crippen molar-refractivity contribution in [2.45, 2.75) is 25.5 Å². The second-order valence-electron chi connectivity index (χ2n) is 5.45. The number of hydrogen-bond acceptors (Lipinski definition) is 3. The van der Waals surface area contributed by atoms with Gasteiger partial charge in [-0.25, -0.2) is 17.1 Å². The Labute approximate surface area is 130 Å². The van der Waals surface area contributed by atoms with Gasteiger partial charge in [-0.15, -0.1) is 0 Å². The number of benzene rings is 1. The van der Waals surface area contributed by atoms with Crippen molar-refractivity contribution in [1.82, 2.24) is 9.62 Å². The minimum atomic E-state index is -3.43. The number of amides is 1. The highest BCUT2D eigenvalue weighted by Crippen LogP contribution is 2.21. The molecule has 0 spiro atoms. The Morgan fingerprint density at radius 1 is 1.27 bits per heavy atom. The SMILES string of the molecule is CCNC(=O)C1CCN(S(=O)(=O)Cc2ccc(F)cc2)CC1. The Hall–Kier alpha value is -1.47. The summed E-state index contributed by atoms with van der Waals surface area (Å²) in [6.07, 6.45) is 1.07. The summed E-state index contributed by atoms with van der Waals surface area (Å²) in [4.78, 5) is 11.8. The summed E-state index contributed by atoms with van der Waals surface area (Å²) in [6, 6.07) is 5.47. The summed E-state index contributed by atoms with van der Waals surface area (Å²) >= 11 is 0. The minimum Gasteiger partial charge on any atom is -0.356 e. The molecule has 1 aromatic rings. The standard InChI is InChI=1S/C15H21FN2O3S/c1-2-17-15(19)13-7-9-18(10-8-13)22(20,21)11-12-3-5-14(16)6-4-12/h3-6,13H,2,7-11H2,1H3,(H,17,19). The summed E-state index contributed by atoms with van der Waals surface area (Å²) in [5.41, 5.74) is 0.562. The van der Waals surface area contributed by atoms with Crippen LogP contribution in [0.15, 0.2) is 24.3 Å². The van der Waals surface area contributed by atoms with E-state index in [-0.39, 0.29) is 23.4 Å². The first kappa shape index (κ1) is 16.9. The Morgan fingerprint density at radius 2 is 1.86 bits per heavy atom. The van der Waals surface area contributed by atoms with Crippen LogP contribution in [0.5, 0.6) is 0 Å².